The maximum atomic E-state index is 13.9. The van der Waals surface area contributed by atoms with Crippen molar-refractivity contribution in [1.82, 2.24) is 4.90 Å². The van der Waals surface area contributed by atoms with E-state index in [1.54, 1.807) is 31.2 Å². The number of amides is 1. The summed E-state index contributed by atoms with van der Waals surface area (Å²) < 4.78 is 24.8. The molecule has 1 aliphatic rings. The molecule has 1 amide bonds. The van der Waals surface area contributed by atoms with E-state index in [2.05, 4.69) is 0 Å². The van der Waals surface area contributed by atoms with Gasteiger partial charge in [0.15, 0.2) is 5.43 Å². The van der Waals surface area contributed by atoms with Crippen LogP contribution in [0, 0.1) is 12.7 Å². The van der Waals surface area contributed by atoms with Crippen molar-refractivity contribution in [3.63, 3.8) is 0 Å². The van der Waals surface area contributed by atoms with Gasteiger partial charge < -0.3 is 14.1 Å². The van der Waals surface area contributed by atoms with Crippen LogP contribution in [0.5, 0.6) is 0 Å². The summed E-state index contributed by atoms with van der Waals surface area (Å²) in [6, 6.07) is 8.29. The second-order valence-corrected chi connectivity index (χ2v) is 7.13. The zero-order valence-corrected chi connectivity index (χ0v) is 16.0. The Labute approximate surface area is 165 Å². The van der Waals surface area contributed by atoms with Crippen LogP contribution < -0.4 is 5.43 Å². The van der Waals surface area contributed by atoms with Crippen molar-refractivity contribution in [2.75, 3.05) is 20.3 Å². The minimum absolute atomic E-state index is 0.0235. The second-order valence-electron chi connectivity index (χ2n) is 6.72. The molecule has 2 heterocycles. The number of nitrogens with zero attached hydrogens (tertiary/aromatic N) is 1. The summed E-state index contributed by atoms with van der Waals surface area (Å²) >= 11 is 6.19. The van der Waals surface area contributed by atoms with Crippen LogP contribution in [-0.4, -0.2) is 31.1 Å². The fourth-order valence-electron chi connectivity index (χ4n) is 3.58. The molecule has 1 atom stereocenters. The zero-order valence-electron chi connectivity index (χ0n) is 15.3. The molecule has 7 heteroatoms. The van der Waals surface area contributed by atoms with Gasteiger partial charge in [0.05, 0.1) is 23.6 Å². The standard InChI is InChI=1S/C21H17ClFNO4/c1-11-8-16-14(10-15(11)22)19(25)17-18(12-4-3-5-13(23)9-12)24(6-7-27-2)21(26)20(17)28-16/h3-5,8-10,18H,6-7H2,1-2H3. The van der Waals surface area contributed by atoms with E-state index in [-0.39, 0.29) is 35.3 Å². The normalized spacial score (nSPS) is 16.1. The van der Waals surface area contributed by atoms with E-state index >= 15 is 0 Å². The summed E-state index contributed by atoms with van der Waals surface area (Å²) in [5, 5.41) is 0.722. The molecule has 3 aromatic rings. The van der Waals surface area contributed by atoms with Crippen molar-refractivity contribution in [2.45, 2.75) is 13.0 Å². The summed E-state index contributed by atoms with van der Waals surface area (Å²) in [7, 11) is 1.52. The van der Waals surface area contributed by atoms with E-state index in [0.717, 1.165) is 5.56 Å². The molecule has 0 spiro atoms. The average molecular weight is 402 g/mol. The van der Waals surface area contributed by atoms with E-state index < -0.39 is 17.8 Å². The third-order valence-electron chi connectivity index (χ3n) is 4.95. The van der Waals surface area contributed by atoms with Gasteiger partial charge in [-0.2, -0.15) is 0 Å². The number of carbonyl (C=O) groups excluding carboxylic acids is 1. The number of benzene rings is 2. The van der Waals surface area contributed by atoms with Gasteiger partial charge >= 0.3 is 0 Å². The molecular weight excluding hydrogens is 385 g/mol. The van der Waals surface area contributed by atoms with Crippen molar-refractivity contribution in [1.29, 1.82) is 0 Å². The monoisotopic (exact) mass is 401 g/mol. The van der Waals surface area contributed by atoms with E-state index in [9.17, 15) is 14.0 Å². The summed E-state index contributed by atoms with van der Waals surface area (Å²) in [5.74, 6) is -0.897. The SMILES string of the molecule is COCCN1C(=O)c2oc3cc(C)c(Cl)cc3c(=O)c2C1c1cccc(F)c1. The number of fused-ring (bicyclic) bond motifs is 2. The predicted octanol–water partition coefficient (Wildman–Crippen LogP) is 4.09. The molecule has 0 aliphatic carbocycles. The smallest absolute Gasteiger partial charge is 0.290 e. The Hall–Kier alpha value is -2.70. The molecule has 1 unspecified atom stereocenters. The number of hydrogen-bond donors (Lipinski definition) is 0. The predicted molar refractivity (Wildman–Crippen MR) is 103 cm³/mol. The van der Waals surface area contributed by atoms with Gasteiger partial charge in [0, 0.05) is 18.7 Å². The Morgan fingerprint density at radius 3 is 2.75 bits per heavy atom. The average Bonchev–Trinajstić information content (AvgIpc) is 2.94. The molecule has 1 aliphatic heterocycles. The van der Waals surface area contributed by atoms with Gasteiger partial charge in [-0.1, -0.05) is 23.7 Å². The van der Waals surface area contributed by atoms with Crippen LogP contribution in [-0.2, 0) is 4.74 Å². The minimum atomic E-state index is -0.755. The van der Waals surface area contributed by atoms with Crippen molar-refractivity contribution in [3.8, 4) is 0 Å². The Bertz CT molecular complexity index is 1160. The first-order chi connectivity index (χ1) is 13.4. The largest absolute Gasteiger partial charge is 0.450 e. The number of halogens is 2. The van der Waals surface area contributed by atoms with E-state index in [4.69, 9.17) is 20.8 Å². The molecular formula is C21H17ClFNO4. The number of aryl methyl sites for hydroxylation is 1. The van der Waals surface area contributed by atoms with Crippen LogP contribution in [0.1, 0.15) is 33.3 Å². The maximum absolute atomic E-state index is 13.9. The highest BCUT2D eigenvalue weighted by Gasteiger charge is 2.42. The lowest BCUT2D eigenvalue weighted by Crippen LogP contribution is -2.32. The van der Waals surface area contributed by atoms with Crippen LogP contribution in [0.2, 0.25) is 5.02 Å². The molecule has 0 bridgehead atoms. The summed E-state index contributed by atoms with van der Waals surface area (Å²) in [5.41, 5.74) is 1.37. The number of hydrogen-bond acceptors (Lipinski definition) is 4. The lowest BCUT2D eigenvalue weighted by Gasteiger charge is -2.24. The number of methoxy groups -OCH3 is 1. The van der Waals surface area contributed by atoms with Crippen LogP contribution in [0.25, 0.3) is 11.0 Å². The van der Waals surface area contributed by atoms with Crippen molar-refractivity contribution in [2.24, 2.45) is 0 Å². The van der Waals surface area contributed by atoms with Gasteiger partial charge in [0.2, 0.25) is 5.76 Å². The van der Waals surface area contributed by atoms with Gasteiger partial charge in [0.25, 0.3) is 5.91 Å². The third-order valence-corrected chi connectivity index (χ3v) is 5.35. The Morgan fingerprint density at radius 1 is 1.25 bits per heavy atom. The molecule has 5 nitrogen and oxygen atoms in total. The maximum Gasteiger partial charge on any atom is 0.290 e. The number of rotatable bonds is 4. The van der Waals surface area contributed by atoms with Crippen LogP contribution in [0.3, 0.4) is 0 Å². The van der Waals surface area contributed by atoms with Crippen molar-refractivity contribution < 1.29 is 18.3 Å². The van der Waals surface area contributed by atoms with Crippen LogP contribution >= 0.6 is 11.6 Å². The van der Waals surface area contributed by atoms with Crippen LogP contribution in [0.4, 0.5) is 4.39 Å². The first kappa shape index (κ1) is 18.7. The van der Waals surface area contributed by atoms with Crippen LogP contribution in [0.15, 0.2) is 45.6 Å². The highest BCUT2D eigenvalue weighted by atomic mass is 35.5. The molecule has 0 radical (unpaired) electrons. The van der Waals surface area contributed by atoms with Gasteiger partial charge in [-0.3, -0.25) is 9.59 Å². The molecule has 1 aromatic heterocycles. The Balaban J connectivity index is 2.00. The van der Waals surface area contributed by atoms with E-state index in [1.807, 2.05) is 0 Å². The molecule has 0 N–H and O–H groups in total. The van der Waals surface area contributed by atoms with Crippen molar-refractivity contribution >= 4 is 28.5 Å². The molecule has 2 aromatic carbocycles. The quantitative estimate of drug-likeness (QED) is 0.660. The second kappa shape index (κ2) is 7.04. The zero-order chi connectivity index (χ0) is 20.0. The summed E-state index contributed by atoms with van der Waals surface area (Å²) in [6.07, 6.45) is 0. The number of ether oxygens (including phenoxy) is 1. The number of carbonyl (C=O) groups is 1. The molecule has 144 valence electrons. The Kier molecular flexibility index (Phi) is 4.69. The van der Waals surface area contributed by atoms with Gasteiger partial charge in [-0.25, -0.2) is 4.39 Å². The van der Waals surface area contributed by atoms with Gasteiger partial charge in [0.1, 0.15) is 11.4 Å². The van der Waals surface area contributed by atoms with Crippen molar-refractivity contribution in [3.05, 3.63) is 79.9 Å². The molecule has 0 fully saturated rings. The third kappa shape index (κ3) is 2.89. The summed E-state index contributed by atoms with van der Waals surface area (Å²) in [6.45, 7) is 2.29. The lowest BCUT2D eigenvalue weighted by atomic mass is 9.98. The molecule has 0 saturated heterocycles. The lowest BCUT2D eigenvalue weighted by molar-refractivity contribution is 0.0663. The molecule has 4 rings (SSSR count). The fourth-order valence-corrected chi connectivity index (χ4v) is 3.75. The highest BCUT2D eigenvalue weighted by molar-refractivity contribution is 6.32. The van der Waals surface area contributed by atoms with E-state index in [1.165, 1.54) is 24.1 Å². The molecule has 0 saturated carbocycles. The topological polar surface area (TPSA) is 59.8 Å². The fraction of sp³-hybridized carbons (Fsp3) is 0.238. The minimum Gasteiger partial charge on any atom is -0.450 e. The Morgan fingerprint density at radius 2 is 2.04 bits per heavy atom. The molecule has 28 heavy (non-hydrogen) atoms. The summed E-state index contributed by atoms with van der Waals surface area (Å²) in [4.78, 5) is 27.8. The first-order valence-corrected chi connectivity index (χ1v) is 9.12. The van der Waals surface area contributed by atoms with Gasteiger partial charge in [-0.05, 0) is 42.3 Å². The van der Waals surface area contributed by atoms with E-state index in [0.29, 0.717) is 16.2 Å². The first-order valence-electron chi connectivity index (χ1n) is 8.74. The highest BCUT2D eigenvalue weighted by Crippen LogP contribution is 2.38. The van der Waals surface area contributed by atoms with Gasteiger partial charge in [-0.15, -0.1) is 0 Å².